The molecule has 0 aliphatic carbocycles. The van der Waals surface area contributed by atoms with Gasteiger partial charge in [-0.25, -0.2) is 13.4 Å². The van der Waals surface area contributed by atoms with Crippen molar-refractivity contribution in [1.82, 2.24) is 9.29 Å². The van der Waals surface area contributed by atoms with Crippen LogP contribution in [-0.2, 0) is 21.2 Å². The molecule has 1 N–H and O–H groups in total. The van der Waals surface area contributed by atoms with Crippen LogP contribution in [0.2, 0.25) is 0 Å². The fourth-order valence-electron chi connectivity index (χ4n) is 3.67. The van der Waals surface area contributed by atoms with Crippen molar-refractivity contribution >= 4 is 43.2 Å². The summed E-state index contributed by atoms with van der Waals surface area (Å²) in [5.41, 5.74) is 2.79. The van der Waals surface area contributed by atoms with Crippen molar-refractivity contribution in [3.63, 3.8) is 0 Å². The van der Waals surface area contributed by atoms with Gasteiger partial charge in [-0.05, 0) is 42.7 Å². The maximum Gasteiger partial charge on any atom is 0.242 e. The van der Waals surface area contributed by atoms with Gasteiger partial charge in [-0.1, -0.05) is 30.7 Å². The SMILES string of the molecule is CS(=O)(=O)N1CCCC[C@H]1C(=O)Nc1ccc(Cc2nc3ccccc3s2)cc1. The topological polar surface area (TPSA) is 79.4 Å². The predicted octanol–water partition coefficient (Wildman–Crippen LogP) is 3.64. The number of fused-ring (bicyclic) bond motifs is 1. The van der Waals surface area contributed by atoms with Crippen molar-refractivity contribution in [3.8, 4) is 0 Å². The first-order valence-corrected chi connectivity index (χ1v) is 12.3. The number of anilines is 1. The summed E-state index contributed by atoms with van der Waals surface area (Å²) in [5.74, 6) is -0.269. The van der Waals surface area contributed by atoms with Gasteiger partial charge in [0.1, 0.15) is 6.04 Å². The number of carbonyl (C=O) groups is 1. The molecular weight excluding hydrogens is 406 g/mol. The summed E-state index contributed by atoms with van der Waals surface area (Å²) < 4.78 is 26.4. The number of carbonyl (C=O) groups excluding carboxylic acids is 1. The third-order valence-electron chi connectivity index (χ3n) is 5.10. The van der Waals surface area contributed by atoms with Crippen LogP contribution >= 0.6 is 11.3 Å². The van der Waals surface area contributed by atoms with Crippen molar-refractivity contribution < 1.29 is 13.2 Å². The fourth-order valence-corrected chi connectivity index (χ4v) is 5.79. The summed E-state index contributed by atoms with van der Waals surface area (Å²) in [7, 11) is -3.40. The molecule has 152 valence electrons. The maximum atomic E-state index is 12.7. The standard InChI is InChI=1S/C21H23N3O3S2/c1-29(26,27)24-13-5-4-7-18(24)21(25)22-16-11-9-15(10-12-16)14-20-23-17-6-2-3-8-19(17)28-20/h2-3,6,8-12,18H,4-5,7,13-14H2,1H3,(H,22,25)/t18-/m0/s1. The van der Waals surface area contributed by atoms with Crippen molar-refractivity contribution in [3.05, 3.63) is 59.1 Å². The quantitative estimate of drug-likeness (QED) is 0.672. The van der Waals surface area contributed by atoms with Crippen LogP contribution < -0.4 is 5.32 Å². The Bertz CT molecular complexity index is 1090. The van der Waals surface area contributed by atoms with Gasteiger partial charge in [-0.15, -0.1) is 11.3 Å². The van der Waals surface area contributed by atoms with Crippen LogP contribution in [0, 0.1) is 0 Å². The Morgan fingerprint density at radius 2 is 1.93 bits per heavy atom. The van der Waals surface area contributed by atoms with Gasteiger partial charge in [-0.3, -0.25) is 4.79 Å². The number of piperidine rings is 1. The minimum absolute atomic E-state index is 0.269. The van der Waals surface area contributed by atoms with Crippen LogP contribution in [0.1, 0.15) is 29.8 Å². The molecule has 0 unspecified atom stereocenters. The van der Waals surface area contributed by atoms with Gasteiger partial charge in [0, 0.05) is 18.7 Å². The minimum atomic E-state index is -3.40. The number of thiazole rings is 1. The average Bonchev–Trinajstić information content (AvgIpc) is 3.11. The Morgan fingerprint density at radius 1 is 1.17 bits per heavy atom. The Kier molecular flexibility index (Phi) is 5.67. The van der Waals surface area contributed by atoms with E-state index in [4.69, 9.17) is 0 Å². The smallest absolute Gasteiger partial charge is 0.242 e. The Labute approximate surface area is 174 Å². The fraction of sp³-hybridized carbons (Fsp3) is 0.333. The molecule has 2 aromatic carbocycles. The number of nitrogens with one attached hydrogen (secondary N) is 1. The highest BCUT2D eigenvalue weighted by molar-refractivity contribution is 7.88. The number of nitrogens with zero attached hydrogens (tertiary/aromatic N) is 2. The number of hydrogen-bond acceptors (Lipinski definition) is 5. The van der Waals surface area contributed by atoms with E-state index in [2.05, 4.69) is 16.4 Å². The van der Waals surface area contributed by atoms with Gasteiger partial charge in [-0.2, -0.15) is 4.31 Å². The van der Waals surface area contributed by atoms with Gasteiger partial charge in [0.05, 0.1) is 21.5 Å². The molecule has 29 heavy (non-hydrogen) atoms. The summed E-state index contributed by atoms with van der Waals surface area (Å²) >= 11 is 1.68. The summed E-state index contributed by atoms with van der Waals surface area (Å²) in [5, 5.41) is 3.92. The second-order valence-corrected chi connectivity index (χ2v) is 10.4. The zero-order valence-corrected chi connectivity index (χ0v) is 17.8. The molecule has 6 nitrogen and oxygen atoms in total. The number of sulfonamides is 1. The molecular formula is C21H23N3O3S2. The second kappa shape index (κ2) is 8.22. The number of benzene rings is 2. The highest BCUT2D eigenvalue weighted by Crippen LogP contribution is 2.25. The van der Waals surface area contributed by atoms with E-state index in [0.717, 1.165) is 41.6 Å². The number of hydrogen-bond donors (Lipinski definition) is 1. The lowest BCUT2D eigenvalue weighted by atomic mass is 10.0. The molecule has 0 spiro atoms. The van der Waals surface area contributed by atoms with Crippen LogP contribution in [0.25, 0.3) is 10.2 Å². The van der Waals surface area contributed by atoms with Gasteiger partial charge < -0.3 is 5.32 Å². The Hall–Kier alpha value is -2.29. The minimum Gasteiger partial charge on any atom is -0.325 e. The van der Waals surface area contributed by atoms with Crippen LogP contribution in [0.15, 0.2) is 48.5 Å². The zero-order chi connectivity index (χ0) is 20.4. The van der Waals surface area contributed by atoms with Crippen LogP contribution in [0.5, 0.6) is 0 Å². The second-order valence-electron chi connectivity index (χ2n) is 7.32. The van der Waals surface area contributed by atoms with E-state index in [1.807, 2.05) is 42.5 Å². The lowest BCUT2D eigenvalue weighted by Crippen LogP contribution is -2.49. The van der Waals surface area contributed by atoms with E-state index in [-0.39, 0.29) is 5.91 Å². The van der Waals surface area contributed by atoms with Crippen molar-refractivity contribution in [2.45, 2.75) is 31.7 Å². The lowest BCUT2D eigenvalue weighted by molar-refractivity contribution is -0.120. The number of aromatic nitrogens is 1. The first kappa shape index (κ1) is 20.0. The van der Waals surface area contributed by atoms with Gasteiger partial charge in [0.25, 0.3) is 0 Å². The van der Waals surface area contributed by atoms with Crippen LogP contribution in [0.3, 0.4) is 0 Å². The van der Waals surface area contributed by atoms with Crippen molar-refractivity contribution in [2.75, 3.05) is 18.1 Å². The van der Waals surface area contributed by atoms with Gasteiger partial charge >= 0.3 is 0 Å². The van der Waals surface area contributed by atoms with E-state index < -0.39 is 16.1 Å². The molecule has 1 aliphatic rings. The molecule has 4 rings (SSSR count). The molecule has 8 heteroatoms. The number of rotatable bonds is 5. The van der Waals surface area contributed by atoms with Crippen LogP contribution in [-0.4, -0.2) is 42.5 Å². The molecule has 0 radical (unpaired) electrons. The molecule has 1 aromatic heterocycles. The van der Waals surface area contributed by atoms with Crippen LogP contribution in [0.4, 0.5) is 5.69 Å². The highest BCUT2D eigenvalue weighted by atomic mass is 32.2. The Morgan fingerprint density at radius 3 is 2.66 bits per heavy atom. The number of para-hydroxylation sites is 1. The van der Waals surface area contributed by atoms with E-state index in [1.54, 1.807) is 11.3 Å². The van der Waals surface area contributed by atoms with Gasteiger partial charge in [0.2, 0.25) is 15.9 Å². The molecule has 1 fully saturated rings. The largest absolute Gasteiger partial charge is 0.325 e. The van der Waals surface area contributed by atoms with Crippen molar-refractivity contribution in [2.24, 2.45) is 0 Å². The van der Waals surface area contributed by atoms with E-state index in [1.165, 1.54) is 9.01 Å². The van der Waals surface area contributed by atoms with E-state index in [0.29, 0.717) is 18.7 Å². The molecule has 1 aliphatic heterocycles. The highest BCUT2D eigenvalue weighted by Gasteiger charge is 2.34. The molecule has 0 bridgehead atoms. The average molecular weight is 430 g/mol. The maximum absolute atomic E-state index is 12.7. The molecule has 1 atom stereocenters. The van der Waals surface area contributed by atoms with Gasteiger partial charge in [0.15, 0.2) is 0 Å². The normalized spacial score (nSPS) is 18.0. The summed E-state index contributed by atoms with van der Waals surface area (Å²) in [6.07, 6.45) is 4.09. The summed E-state index contributed by atoms with van der Waals surface area (Å²) in [6.45, 7) is 0.401. The molecule has 1 amide bonds. The van der Waals surface area contributed by atoms with Crippen molar-refractivity contribution in [1.29, 1.82) is 0 Å². The first-order valence-electron chi connectivity index (χ1n) is 9.61. The lowest BCUT2D eigenvalue weighted by Gasteiger charge is -2.32. The molecule has 3 aromatic rings. The first-order chi connectivity index (χ1) is 13.9. The monoisotopic (exact) mass is 429 g/mol. The molecule has 1 saturated heterocycles. The van der Waals surface area contributed by atoms with E-state index >= 15 is 0 Å². The number of amides is 1. The van der Waals surface area contributed by atoms with E-state index in [9.17, 15) is 13.2 Å². The third-order valence-corrected chi connectivity index (χ3v) is 7.42. The third kappa shape index (κ3) is 4.66. The summed E-state index contributed by atoms with van der Waals surface area (Å²) in [4.78, 5) is 17.3. The Balaban J connectivity index is 1.43. The predicted molar refractivity (Wildman–Crippen MR) is 117 cm³/mol. The molecule has 2 heterocycles. The zero-order valence-electron chi connectivity index (χ0n) is 16.2. The molecule has 0 saturated carbocycles. The summed E-state index contributed by atoms with van der Waals surface area (Å²) in [6, 6.07) is 15.1.